The van der Waals surface area contributed by atoms with Gasteiger partial charge in [-0.1, -0.05) is 53.7 Å². The van der Waals surface area contributed by atoms with Crippen LogP contribution in [0.5, 0.6) is 0 Å². The number of aromatic nitrogens is 3. The Morgan fingerprint density at radius 3 is 2.50 bits per heavy atom. The van der Waals surface area contributed by atoms with Crippen molar-refractivity contribution in [2.24, 2.45) is 0 Å². The highest BCUT2D eigenvalue weighted by atomic mass is 35.5. The van der Waals surface area contributed by atoms with E-state index in [1.54, 1.807) is 24.3 Å². The van der Waals surface area contributed by atoms with Crippen molar-refractivity contribution in [2.75, 3.05) is 5.75 Å². The number of benzene rings is 2. The van der Waals surface area contributed by atoms with Gasteiger partial charge in [-0.15, -0.1) is 10.2 Å². The summed E-state index contributed by atoms with van der Waals surface area (Å²) < 4.78 is 6.99. The molecule has 0 aliphatic rings. The lowest BCUT2D eigenvalue weighted by atomic mass is 10.2. The number of rotatable bonds is 7. The number of hydrogen-bond acceptors (Lipinski definition) is 6. The molecule has 10 heteroatoms. The SMILES string of the molecule is O=C(CSc1nnc(-c2ccccc2)n1-c1ccc(Cl)cc1)NC(=O)NCc1ccco1. The van der Waals surface area contributed by atoms with Gasteiger partial charge in [0.05, 0.1) is 18.6 Å². The quantitative estimate of drug-likeness (QED) is 0.393. The number of carbonyl (C=O) groups is 2. The van der Waals surface area contributed by atoms with Crippen molar-refractivity contribution in [1.82, 2.24) is 25.4 Å². The Kier molecular flexibility index (Phi) is 6.88. The molecule has 0 aliphatic carbocycles. The van der Waals surface area contributed by atoms with Crippen molar-refractivity contribution in [3.63, 3.8) is 0 Å². The van der Waals surface area contributed by atoms with Gasteiger partial charge in [-0.25, -0.2) is 4.79 Å². The van der Waals surface area contributed by atoms with Gasteiger partial charge in [0.25, 0.3) is 0 Å². The van der Waals surface area contributed by atoms with Gasteiger partial charge in [0, 0.05) is 16.3 Å². The predicted molar refractivity (Wildman–Crippen MR) is 122 cm³/mol. The van der Waals surface area contributed by atoms with E-state index in [2.05, 4.69) is 20.8 Å². The van der Waals surface area contributed by atoms with Gasteiger partial charge in [0.15, 0.2) is 11.0 Å². The van der Waals surface area contributed by atoms with Gasteiger partial charge in [-0.3, -0.25) is 14.7 Å². The molecule has 0 radical (unpaired) electrons. The van der Waals surface area contributed by atoms with Gasteiger partial charge in [-0.2, -0.15) is 0 Å². The topological polar surface area (TPSA) is 102 Å². The third-order valence-electron chi connectivity index (χ3n) is 4.34. The maximum absolute atomic E-state index is 12.3. The molecule has 2 heterocycles. The average Bonchev–Trinajstić information content (AvgIpc) is 3.47. The molecule has 0 bridgehead atoms. The van der Waals surface area contributed by atoms with Crippen molar-refractivity contribution in [3.05, 3.63) is 83.8 Å². The molecule has 3 amide bonds. The molecule has 0 saturated heterocycles. The van der Waals surface area contributed by atoms with Crippen molar-refractivity contribution in [2.45, 2.75) is 11.7 Å². The first kappa shape index (κ1) is 21.7. The Bertz CT molecular complexity index is 1190. The van der Waals surface area contributed by atoms with Crippen LogP contribution in [0.2, 0.25) is 5.02 Å². The van der Waals surface area contributed by atoms with Crippen molar-refractivity contribution in [1.29, 1.82) is 0 Å². The van der Waals surface area contributed by atoms with Gasteiger partial charge in [0.1, 0.15) is 5.76 Å². The van der Waals surface area contributed by atoms with Crippen molar-refractivity contribution < 1.29 is 14.0 Å². The molecule has 2 aromatic heterocycles. The number of nitrogens with zero attached hydrogens (tertiary/aromatic N) is 3. The number of imide groups is 1. The summed E-state index contributed by atoms with van der Waals surface area (Å²) in [6.45, 7) is 0.185. The van der Waals surface area contributed by atoms with Gasteiger partial charge in [0.2, 0.25) is 5.91 Å². The molecule has 2 aromatic carbocycles. The fourth-order valence-corrected chi connectivity index (χ4v) is 3.76. The first-order valence-corrected chi connectivity index (χ1v) is 11.0. The van der Waals surface area contributed by atoms with E-state index in [-0.39, 0.29) is 12.3 Å². The highest BCUT2D eigenvalue weighted by molar-refractivity contribution is 7.99. The van der Waals surface area contributed by atoms with Crippen LogP contribution in [0, 0.1) is 0 Å². The highest BCUT2D eigenvalue weighted by Gasteiger charge is 2.18. The van der Waals surface area contributed by atoms with Crippen LogP contribution in [0.3, 0.4) is 0 Å². The van der Waals surface area contributed by atoms with E-state index in [0.717, 1.165) is 11.3 Å². The van der Waals surface area contributed by atoms with E-state index in [0.29, 0.717) is 21.8 Å². The second-order valence-electron chi connectivity index (χ2n) is 6.58. The van der Waals surface area contributed by atoms with Crippen LogP contribution < -0.4 is 10.6 Å². The first-order chi connectivity index (χ1) is 15.6. The monoisotopic (exact) mass is 467 g/mol. The molecule has 0 aliphatic heterocycles. The molecule has 4 rings (SSSR count). The molecule has 162 valence electrons. The predicted octanol–water partition coefficient (Wildman–Crippen LogP) is 4.30. The first-order valence-electron chi connectivity index (χ1n) is 9.60. The van der Waals surface area contributed by atoms with E-state index in [1.165, 1.54) is 18.0 Å². The number of hydrogen-bond donors (Lipinski definition) is 2. The Hall–Kier alpha value is -3.56. The summed E-state index contributed by atoms with van der Waals surface area (Å²) in [6.07, 6.45) is 1.51. The fourth-order valence-electron chi connectivity index (χ4n) is 2.88. The smallest absolute Gasteiger partial charge is 0.321 e. The summed E-state index contributed by atoms with van der Waals surface area (Å²) in [7, 11) is 0. The third kappa shape index (κ3) is 5.37. The van der Waals surface area contributed by atoms with E-state index < -0.39 is 11.9 Å². The van der Waals surface area contributed by atoms with E-state index in [1.807, 2.05) is 47.0 Å². The largest absolute Gasteiger partial charge is 0.467 e. The Morgan fingerprint density at radius 1 is 1.00 bits per heavy atom. The second kappa shape index (κ2) is 10.2. The zero-order valence-corrected chi connectivity index (χ0v) is 18.3. The number of urea groups is 1. The summed E-state index contributed by atoms with van der Waals surface area (Å²) in [5, 5.41) is 14.6. The highest BCUT2D eigenvalue weighted by Crippen LogP contribution is 2.28. The van der Waals surface area contributed by atoms with Crippen LogP contribution in [-0.2, 0) is 11.3 Å². The standard InChI is InChI=1S/C22H18ClN5O3S/c23-16-8-10-17(11-9-16)28-20(15-5-2-1-3-6-15)26-27-22(28)32-14-19(29)25-21(30)24-13-18-7-4-12-31-18/h1-12H,13-14H2,(H2,24,25,29,30). The number of furan rings is 1. The molecule has 0 spiro atoms. The molecule has 4 aromatic rings. The average molecular weight is 468 g/mol. The molecule has 0 unspecified atom stereocenters. The molecular formula is C22H18ClN5O3S. The number of carbonyl (C=O) groups excluding carboxylic acids is 2. The minimum atomic E-state index is -0.601. The zero-order valence-electron chi connectivity index (χ0n) is 16.7. The minimum Gasteiger partial charge on any atom is -0.467 e. The zero-order chi connectivity index (χ0) is 22.3. The van der Waals surface area contributed by atoms with Crippen LogP contribution in [0.15, 0.2) is 82.6 Å². The number of halogens is 1. The van der Waals surface area contributed by atoms with Gasteiger partial charge < -0.3 is 9.73 Å². The Labute approximate surface area is 193 Å². The summed E-state index contributed by atoms with van der Waals surface area (Å²) in [5.41, 5.74) is 1.68. The number of nitrogens with one attached hydrogen (secondary N) is 2. The van der Waals surface area contributed by atoms with Crippen molar-refractivity contribution >= 4 is 35.3 Å². The molecule has 32 heavy (non-hydrogen) atoms. The minimum absolute atomic E-state index is 0.0192. The number of amides is 3. The molecule has 8 nitrogen and oxygen atoms in total. The summed E-state index contributed by atoms with van der Waals surface area (Å²) in [6, 6.07) is 19.7. The molecule has 2 N–H and O–H groups in total. The molecule has 0 saturated carbocycles. The summed E-state index contributed by atoms with van der Waals surface area (Å²) in [4.78, 5) is 24.2. The van der Waals surface area contributed by atoms with Gasteiger partial charge in [-0.05, 0) is 36.4 Å². The normalized spacial score (nSPS) is 10.7. The molecule has 0 atom stereocenters. The summed E-state index contributed by atoms with van der Waals surface area (Å²) in [5.74, 6) is 0.742. The van der Waals surface area contributed by atoms with E-state index in [9.17, 15) is 9.59 Å². The van der Waals surface area contributed by atoms with Gasteiger partial charge >= 0.3 is 6.03 Å². The maximum Gasteiger partial charge on any atom is 0.321 e. The summed E-state index contributed by atoms with van der Waals surface area (Å²) >= 11 is 7.21. The maximum atomic E-state index is 12.3. The van der Waals surface area contributed by atoms with Crippen molar-refractivity contribution in [3.8, 4) is 17.1 Å². The van der Waals surface area contributed by atoms with E-state index in [4.69, 9.17) is 16.0 Å². The Balaban J connectivity index is 1.46. The molecular weight excluding hydrogens is 450 g/mol. The Morgan fingerprint density at radius 2 is 1.78 bits per heavy atom. The lowest BCUT2D eigenvalue weighted by molar-refractivity contribution is -0.117. The lowest BCUT2D eigenvalue weighted by Gasteiger charge is -2.10. The van der Waals surface area contributed by atoms with Crippen LogP contribution in [0.1, 0.15) is 5.76 Å². The van der Waals surface area contributed by atoms with Crippen LogP contribution >= 0.6 is 23.4 Å². The van der Waals surface area contributed by atoms with Crippen LogP contribution in [-0.4, -0.2) is 32.5 Å². The third-order valence-corrected chi connectivity index (χ3v) is 5.52. The number of thioether (sulfide) groups is 1. The van der Waals surface area contributed by atoms with E-state index >= 15 is 0 Å². The fraction of sp³-hybridized carbons (Fsp3) is 0.0909. The lowest BCUT2D eigenvalue weighted by Crippen LogP contribution is -2.39. The van der Waals surface area contributed by atoms with Crippen LogP contribution in [0.4, 0.5) is 4.79 Å². The molecule has 0 fully saturated rings. The van der Waals surface area contributed by atoms with Crippen LogP contribution in [0.25, 0.3) is 17.1 Å². The second-order valence-corrected chi connectivity index (χ2v) is 7.96.